The van der Waals surface area contributed by atoms with Crippen molar-refractivity contribution < 1.29 is 14.3 Å². The lowest BCUT2D eigenvalue weighted by molar-refractivity contribution is -0.131. The maximum atomic E-state index is 12.4. The molecule has 0 spiro atoms. The van der Waals surface area contributed by atoms with Gasteiger partial charge in [-0.05, 0) is 31.0 Å². The highest BCUT2D eigenvalue weighted by atomic mass is 32.1. The van der Waals surface area contributed by atoms with Crippen LogP contribution in [0.4, 0.5) is 0 Å². The van der Waals surface area contributed by atoms with E-state index in [2.05, 4.69) is 4.98 Å². The molecule has 0 radical (unpaired) electrons. The zero-order valence-corrected chi connectivity index (χ0v) is 15.3. The van der Waals surface area contributed by atoms with Gasteiger partial charge in [0.1, 0.15) is 5.01 Å². The van der Waals surface area contributed by atoms with Crippen LogP contribution in [-0.4, -0.2) is 49.1 Å². The second-order valence-electron chi connectivity index (χ2n) is 6.11. The summed E-state index contributed by atoms with van der Waals surface area (Å²) in [5, 5.41) is 2.81. The van der Waals surface area contributed by atoms with E-state index in [-0.39, 0.29) is 11.9 Å². The molecule has 1 aromatic carbocycles. The number of nitrogens with zero attached hydrogens (tertiary/aromatic N) is 2. The molecular weight excluding hydrogens is 338 g/mol. The molecule has 134 valence electrons. The second-order valence-corrected chi connectivity index (χ2v) is 6.97. The molecule has 2 aromatic rings. The number of thiazole rings is 1. The number of likely N-dealkylation sites (tertiary alicyclic amines) is 1. The highest BCUT2D eigenvalue weighted by Gasteiger charge is 2.21. The van der Waals surface area contributed by atoms with Crippen LogP contribution in [0.25, 0.3) is 10.6 Å². The third kappa shape index (κ3) is 4.11. The molecule has 25 heavy (non-hydrogen) atoms. The summed E-state index contributed by atoms with van der Waals surface area (Å²) >= 11 is 1.53. The molecule has 1 aromatic heterocycles. The van der Waals surface area contributed by atoms with E-state index in [0.29, 0.717) is 17.9 Å². The molecule has 6 nitrogen and oxygen atoms in total. The lowest BCUT2D eigenvalue weighted by Crippen LogP contribution is -2.43. The van der Waals surface area contributed by atoms with Gasteiger partial charge < -0.3 is 20.1 Å². The molecule has 7 heteroatoms. The van der Waals surface area contributed by atoms with Gasteiger partial charge in [0.15, 0.2) is 11.5 Å². The van der Waals surface area contributed by atoms with Gasteiger partial charge >= 0.3 is 0 Å². The maximum Gasteiger partial charge on any atom is 0.228 e. The lowest BCUT2D eigenvalue weighted by atomic mass is 10.1. The fraction of sp³-hybridized carbons (Fsp3) is 0.444. The maximum absolute atomic E-state index is 12.4. The first-order valence-corrected chi connectivity index (χ1v) is 9.19. The third-order valence-corrected chi connectivity index (χ3v) is 5.35. The number of carbonyl (C=O) groups excluding carboxylic acids is 1. The van der Waals surface area contributed by atoms with Gasteiger partial charge in [-0.3, -0.25) is 4.79 Å². The van der Waals surface area contributed by atoms with Crippen molar-refractivity contribution in [1.29, 1.82) is 0 Å². The standard InChI is InChI=1S/C18H23N3O3S/c1-23-15-4-3-12(9-16(15)24-2)18-20-14(11-25-18)10-17(22)21-7-5-13(19)6-8-21/h3-4,9,11,13H,5-8,10,19H2,1-2H3. The Balaban J connectivity index is 1.69. The molecule has 1 aliphatic rings. The Morgan fingerprint density at radius 3 is 2.68 bits per heavy atom. The van der Waals surface area contributed by atoms with E-state index in [1.54, 1.807) is 14.2 Å². The number of piperidine rings is 1. The Labute approximate surface area is 151 Å². The number of methoxy groups -OCH3 is 2. The van der Waals surface area contributed by atoms with Crippen LogP contribution < -0.4 is 15.2 Å². The number of benzene rings is 1. The summed E-state index contributed by atoms with van der Waals surface area (Å²) in [6, 6.07) is 5.92. The molecule has 0 saturated carbocycles. The van der Waals surface area contributed by atoms with Crippen molar-refractivity contribution in [3.8, 4) is 22.1 Å². The van der Waals surface area contributed by atoms with Gasteiger partial charge in [0.2, 0.25) is 5.91 Å². The molecule has 0 unspecified atom stereocenters. The number of hydrogen-bond acceptors (Lipinski definition) is 6. The number of amides is 1. The first kappa shape index (κ1) is 17.7. The summed E-state index contributed by atoms with van der Waals surface area (Å²) < 4.78 is 10.6. The van der Waals surface area contributed by atoms with Gasteiger partial charge in [0.25, 0.3) is 0 Å². The van der Waals surface area contributed by atoms with Crippen molar-refractivity contribution in [2.75, 3.05) is 27.3 Å². The molecule has 0 aliphatic carbocycles. The summed E-state index contributed by atoms with van der Waals surface area (Å²) in [4.78, 5) is 18.9. The van der Waals surface area contributed by atoms with Crippen molar-refractivity contribution in [2.24, 2.45) is 5.73 Å². The van der Waals surface area contributed by atoms with Crippen molar-refractivity contribution in [3.63, 3.8) is 0 Å². The van der Waals surface area contributed by atoms with E-state index < -0.39 is 0 Å². The van der Waals surface area contributed by atoms with Crippen LogP contribution in [0.3, 0.4) is 0 Å². The SMILES string of the molecule is COc1ccc(-c2nc(CC(=O)N3CCC(N)CC3)cs2)cc1OC. The van der Waals surface area contributed by atoms with E-state index in [4.69, 9.17) is 15.2 Å². The molecule has 1 fully saturated rings. The largest absolute Gasteiger partial charge is 0.493 e. The van der Waals surface area contributed by atoms with Crippen molar-refractivity contribution in [2.45, 2.75) is 25.3 Å². The van der Waals surface area contributed by atoms with Crippen LogP contribution in [-0.2, 0) is 11.2 Å². The molecule has 1 amide bonds. The van der Waals surface area contributed by atoms with Gasteiger partial charge in [-0.1, -0.05) is 0 Å². The number of nitrogens with two attached hydrogens (primary N) is 1. The number of aromatic nitrogens is 1. The Kier molecular flexibility index (Phi) is 5.55. The fourth-order valence-corrected chi connectivity index (χ4v) is 3.72. The Morgan fingerprint density at radius 2 is 2.00 bits per heavy atom. The van der Waals surface area contributed by atoms with Gasteiger partial charge in [-0.2, -0.15) is 0 Å². The van der Waals surface area contributed by atoms with Crippen LogP contribution in [0.15, 0.2) is 23.6 Å². The van der Waals surface area contributed by atoms with E-state index in [9.17, 15) is 4.79 Å². The summed E-state index contributed by atoms with van der Waals surface area (Å²) in [6.07, 6.45) is 2.08. The van der Waals surface area contributed by atoms with Crippen LogP contribution in [0, 0.1) is 0 Å². The quantitative estimate of drug-likeness (QED) is 0.884. The van der Waals surface area contributed by atoms with Gasteiger partial charge in [0.05, 0.1) is 26.3 Å². The van der Waals surface area contributed by atoms with Crippen LogP contribution in [0.5, 0.6) is 11.5 Å². The predicted molar refractivity (Wildman–Crippen MR) is 98.1 cm³/mol. The topological polar surface area (TPSA) is 77.7 Å². The first-order valence-electron chi connectivity index (χ1n) is 8.31. The van der Waals surface area contributed by atoms with Gasteiger partial charge in [-0.25, -0.2) is 4.98 Å². The van der Waals surface area contributed by atoms with Crippen molar-refractivity contribution in [1.82, 2.24) is 9.88 Å². The monoisotopic (exact) mass is 361 g/mol. The average molecular weight is 361 g/mol. The van der Waals surface area contributed by atoms with Gasteiger partial charge in [-0.15, -0.1) is 11.3 Å². The number of rotatable bonds is 5. The lowest BCUT2D eigenvalue weighted by Gasteiger charge is -2.30. The first-order chi connectivity index (χ1) is 12.1. The molecular formula is C18H23N3O3S. The molecule has 1 saturated heterocycles. The summed E-state index contributed by atoms with van der Waals surface area (Å²) in [5.74, 6) is 1.47. The minimum atomic E-state index is 0.121. The van der Waals surface area contributed by atoms with Crippen molar-refractivity contribution in [3.05, 3.63) is 29.3 Å². The Bertz CT molecular complexity index is 739. The minimum Gasteiger partial charge on any atom is -0.493 e. The minimum absolute atomic E-state index is 0.121. The molecule has 2 N–H and O–H groups in total. The summed E-state index contributed by atoms with van der Waals surface area (Å²) in [5.41, 5.74) is 7.64. The molecule has 2 heterocycles. The third-order valence-electron chi connectivity index (χ3n) is 4.41. The second kappa shape index (κ2) is 7.84. The fourth-order valence-electron chi connectivity index (χ4n) is 2.91. The van der Waals surface area contributed by atoms with E-state index in [1.807, 2.05) is 28.5 Å². The van der Waals surface area contributed by atoms with Crippen LogP contribution in [0.1, 0.15) is 18.5 Å². The average Bonchev–Trinajstić information content (AvgIpc) is 3.10. The smallest absolute Gasteiger partial charge is 0.228 e. The molecule has 0 atom stereocenters. The van der Waals surface area contributed by atoms with E-state index >= 15 is 0 Å². The zero-order valence-electron chi connectivity index (χ0n) is 14.5. The van der Waals surface area contributed by atoms with Gasteiger partial charge in [0, 0.05) is 30.1 Å². The highest BCUT2D eigenvalue weighted by molar-refractivity contribution is 7.13. The Morgan fingerprint density at radius 1 is 1.28 bits per heavy atom. The molecule has 3 rings (SSSR count). The molecule has 1 aliphatic heterocycles. The molecule has 0 bridgehead atoms. The summed E-state index contributed by atoms with van der Waals surface area (Å²) in [7, 11) is 3.22. The summed E-state index contributed by atoms with van der Waals surface area (Å²) in [6.45, 7) is 1.49. The zero-order chi connectivity index (χ0) is 17.8. The number of hydrogen-bond donors (Lipinski definition) is 1. The van der Waals surface area contributed by atoms with Crippen molar-refractivity contribution >= 4 is 17.2 Å². The van der Waals surface area contributed by atoms with Crippen LogP contribution in [0.2, 0.25) is 0 Å². The normalized spacial score (nSPS) is 15.2. The number of ether oxygens (including phenoxy) is 2. The Hall–Kier alpha value is -2.12. The highest BCUT2D eigenvalue weighted by Crippen LogP contribution is 2.33. The number of carbonyl (C=O) groups is 1. The predicted octanol–water partition coefficient (Wildman–Crippen LogP) is 2.32. The van der Waals surface area contributed by atoms with Crippen LogP contribution >= 0.6 is 11.3 Å². The van der Waals surface area contributed by atoms with E-state index in [0.717, 1.165) is 42.2 Å². The van der Waals surface area contributed by atoms with E-state index in [1.165, 1.54) is 11.3 Å².